The van der Waals surface area contributed by atoms with Crippen LogP contribution in [0.15, 0.2) is 36.7 Å². The summed E-state index contributed by atoms with van der Waals surface area (Å²) in [6, 6.07) is 7.63. The molecule has 0 amide bonds. The second-order valence-electron chi connectivity index (χ2n) is 3.53. The van der Waals surface area contributed by atoms with Crippen LogP contribution in [0.25, 0.3) is 0 Å². The molecule has 0 atom stereocenters. The fourth-order valence-corrected chi connectivity index (χ4v) is 1.41. The van der Waals surface area contributed by atoms with Crippen LogP contribution in [0.1, 0.15) is 5.56 Å². The number of benzene rings is 1. The molecule has 94 valence electrons. The highest BCUT2D eigenvalue weighted by atomic mass is 16.5. The van der Waals surface area contributed by atoms with Crippen molar-refractivity contribution in [2.45, 2.75) is 6.61 Å². The number of hydrogen-bond acceptors (Lipinski definition) is 6. The van der Waals surface area contributed by atoms with Gasteiger partial charge in [0.15, 0.2) is 5.82 Å². The molecule has 1 heterocycles. The summed E-state index contributed by atoms with van der Waals surface area (Å²) >= 11 is 0. The average molecular weight is 246 g/mol. The molecule has 0 fully saturated rings. The number of ether oxygens (including phenoxy) is 2. The van der Waals surface area contributed by atoms with Crippen molar-refractivity contribution in [1.82, 2.24) is 9.97 Å². The Morgan fingerprint density at radius 3 is 3.00 bits per heavy atom. The van der Waals surface area contributed by atoms with Gasteiger partial charge in [-0.2, -0.15) is 4.98 Å². The molecular formula is C12H14N4O2. The fraction of sp³-hybridized carbons (Fsp3) is 0.167. The molecule has 0 radical (unpaired) electrons. The Hall–Kier alpha value is -2.34. The first-order valence-electron chi connectivity index (χ1n) is 5.36. The summed E-state index contributed by atoms with van der Waals surface area (Å²) in [5.74, 6) is 6.90. The first kappa shape index (κ1) is 12.1. The lowest BCUT2D eigenvalue weighted by atomic mass is 10.2. The van der Waals surface area contributed by atoms with Gasteiger partial charge in [-0.1, -0.05) is 12.1 Å². The third-order valence-electron chi connectivity index (χ3n) is 2.28. The lowest BCUT2D eigenvalue weighted by Gasteiger charge is -2.07. The van der Waals surface area contributed by atoms with Crippen molar-refractivity contribution in [3.05, 3.63) is 42.2 Å². The number of hydrazine groups is 1. The van der Waals surface area contributed by atoms with Gasteiger partial charge in [-0.3, -0.25) is 4.98 Å². The van der Waals surface area contributed by atoms with Crippen LogP contribution in [0, 0.1) is 0 Å². The van der Waals surface area contributed by atoms with Gasteiger partial charge in [-0.15, -0.1) is 0 Å². The molecule has 2 aromatic rings. The molecule has 2 rings (SSSR count). The first-order chi connectivity index (χ1) is 8.81. The van der Waals surface area contributed by atoms with E-state index in [1.807, 2.05) is 24.3 Å². The second-order valence-corrected chi connectivity index (χ2v) is 3.53. The van der Waals surface area contributed by atoms with E-state index in [0.29, 0.717) is 18.3 Å². The van der Waals surface area contributed by atoms with E-state index in [0.717, 1.165) is 11.3 Å². The molecule has 6 nitrogen and oxygen atoms in total. The normalized spacial score (nSPS) is 9.89. The molecule has 0 saturated carbocycles. The largest absolute Gasteiger partial charge is 0.497 e. The predicted octanol–water partition coefficient (Wildman–Crippen LogP) is 1.35. The van der Waals surface area contributed by atoms with Gasteiger partial charge in [0, 0.05) is 0 Å². The zero-order valence-electron chi connectivity index (χ0n) is 9.96. The number of rotatable bonds is 5. The van der Waals surface area contributed by atoms with Gasteiger partial charge in [0.2, 0.25) is 5.88 Å². The maximum atomic E-state index is 5.51. The van der Waals surface area contributed by atoms with Crippen molar-refractivity contribution in [2.75, 3.05) is 12.5 Å². The minimum atomic E-state index is 0.389. The van der Waals surface area contributed by atoms with Gasteiger partial charge in [-0.05, 0) is 17.7 Å². The van der Waals surface area contributed by atoms with Crippen LogP contribution in [0.2, 0.25) is 0 Å². The number of nitrogens with zero attached hydrogens (tertiary/aromatic N) is 2. The predicted molar refractivity (Wildman–Crippen MR) is 67.2 cm³/mol. The summed E-state index contributed by atoms with van der Waals surface area (Å²) in [6.45, 7) is 0.389. The van der Waals surface area contributed by atoms with Gasteiger partial charge in [-0.25, -0.2) is 5.84 Å². The van der Waals surface area contributed by atoms with Crippen LogP contribution >= 0.6 is 0 Å². The minimum absolute atomic E-state index is 0.389. The van der Waals surface area contributed by atoms with E-state index in [1.165, 1.54) is 12.4 Å². The third kappa shape index (κ3) is 3.08. The Labute approximate surface area is 105 Å². The van der Waals surface area contributed by atoms with Crippen molar-refractivity contribution in [3.63, 3.8) is 0 Å². The molecule has 1 aromatic carbocycles. The highest BCUT2D eigenvalue weighted by Crippen LogP contribution is 2.15. The standard InChI is InChI=1S/C12H14N4O2/c1-17-10-4-2-3-9(5-10)8-18-12-7-14-6-11(15-12)16-13/h2-7H,8,13H2,1H3,(H,15,16). The van der Waals surface area contributed by atoms with E-state index >= 15 is 0 Å². The number of anilines is 1. The number of hydrogen-bond donors (Lipinski definition) is 2. The summed E-state index contributed by atoms with van der Waals surface area (Å²) in [5.41, 5.74) is 3.40. The zero-order chi connectivity index (χ0) is 12.8. The van der Waals surface area contributed by atoms with E-state index in [9.17, 15) is 0 Å². The van der Waals surface area contributed by atoms with E-state index in [2.05, 4.69) is 15.4 Å². The number of methoxy groups -OCH3 is 1. The lowest BCUT2D eigenvalue weighted by Crippen LogP contribution is -2.09. The number of nitrogens with two attached hydrogens (primary N) is 1. The van der Waals surface area contributed by atoms with Gasteiger partial charge in [0.05, 0.1) is 19.5 Å². The molecular weight excluding hydrogens is 232 g/mol. The van der Waals surface area contributed by atoms with Crippen LogP contribution in [0.5, 0.6) is 11.6 Å². The minimum Gasteiger partial charge on any atom is -0.497 e. The molecule has 6 heteroatoms. The fourth-order valence-electron chi connectivity index (χ4n) is 1.41. The van der Waals surface area contributed by atoms with Crippen LogP contribution in [0.4, 0.5) is 5.82 Å². The maximum Gasteiger partial charge on any atom is 0.234 e. The Balaban J connectivity index is 2.01. The quantitative estimate of drug-likeness (QED) is 0.612. The topological polar surface area (TPSA) is 82.3 Å². The van der Waals surface area contributed by atoms with E-state index in [1.54, 1.807) is 7.11 Å². The first-order valence-corrected chi connectivity index (χ1v) is 5.36. The molecule has 0 bridgehead atoms. The van der Waals surface area contributed by atoms with Crippen LogP contribution < -0.4 is 20.7 Å². The monoisotopic (exact) mass is 246 g/mol. The molecule has 0 spiro atoms. The molecule has 0 unspecified atom stereocenters. The van der Waals surface area contributed by atoms with Crippen molar-refractivity contribution >= 4 is 5.82 Å². The molecule has 1 aromatic heterocycles. The molecule has 0 aliphatic carbocycles. The van der Waals surface area contributed by atoms with E-state index in [4.69, 9.17) is 15.3 Å². The SMILES string of the molecule is COc1cccc(COc2cncc(NN)n2)c1. The summed E-state index contributed by atoms with van der Waals surface area (Å²) in [7, 11) is 1.63. The highest BCUT2D eigenvalue weighted by molar-refractivity contribution is 5.31. The Morgan fingerprint density at radius 1 is 1.33 bits per heavy atom. The highest BCUT2D eigenvalue weighted by Gasteiger charge is 2.00. The molecule has 0 saturated heterocycles. The second kappa shape index (κ2) is 5.83. The smallest absolute Gasteiger partial charge is 0.234 e. The molecule has 3 N–H and O–H groups in total. The van der Waals surface area contributed by atoms with E-state index < -0.39 is 0 Å². The number of nitrogens with one attached hydrogen (secondary N) is 1. The Morgan fingerprint density at radius 2 is 2.22 bits per heavy atom. The molecule has 0 aliphatic rings. The Kier molecular flexibility index (Phi) is 3.93. The van der Waals surface area contributed by atoms with Crippen molar-refractivity contribution < 1.29 is 9.47 Å². The zero-order valence-corrected chi connectivity index (χ0v) is 9.96. The van der Waals surface area contributed by atoms with Gasteiger partial charge < -0.3 is 14.9 Å². The maximum absolute atomic E-state index is 5.51. The van der Waals surface area contributed by atoms with Crippen molar-refractivity contribution in [3.8, 4) is 11.6 Å². The lowest BCUT2D eigenvalue weighted by molar-refractivity contribution is 0.292. The summed E-state index contributed by atoms with van der Waals surface area (Å²) < 4.78 is 10.6. The average Bonchev–Trinajstić information content (AvgIpc) is 2.45. The van der Waals surface area contributed by atoms with Crippen LogP contribution in [0.3, 0.4) is 0 Å². The summed E-state index contributed by atoms with van der Waals surface area (Å²) in [6.07, 6.45) is 3.04. The molecule has 18 heavy (non-hydrogen) atoms. The van der Waals surface area contributed by atoms with Gasteiger partial charge in [0.25, 0.3) is 0 Å². The van der Waals surface area contributed by atoms with Crippen molar-refractivity contribution in [1.29, 1.82) is 0 Å². The van der Waals surface area contributed by atoms with Gasteiger partial charge in [0.1, 0.15) is 12.4 Å². The van der Waals surface area contributed by atoms with E-state index in [-0.39, 0.29) is 0 Å². The summed E-state index contributed by atoms with van der Waals surface area (Å²) in [5, 5.41) is 0. The van der Waals surface area contributed by atoms with Crippen molar-refractivity contribution in [2.24, 2.45) is 5.84 Å². The van der Waals surface area contributed by atoms with Crippen LogP contribution in [-0.4, -0.2) is 17.1 Å². The van der Waals surface area contributed by atoms with Crippen LogP contribution in [-0.2, 0) is 6.61 Å². The number of nitrogen functional groups attached to an aromatic ring is 1. The van der Waals surface area contributed by atoms with Gasteiger partial charge >= 0.3 is 0 Å². The molecule has 0 aliphatic heterocycles. The Bertz CT molecular complexity index is 471. The number of aromatic nitrogens is 2. The third-order valence-corrected chi connectivity index (χ3v) is 2.28. The summed E-state index contributed by atoms with van der Waals surface area (Å²) in [4.78, 5) is 8.04.